The summed E-state index contributed by atoms with van der Waals surface area (Å²) in [4.78, 5) is 24.7. The molecule has 0 spiro atoms. The van der Waals surface area contributed by atoms with Gasteiger partial charge < -0.3 is 10.4 Å². The number of hydrogen-bond acceptors (Lipinski definition) is 6. The molecule has 1 unspecified atom stereocenters. The highest BCUT2D eigenvalue weighted by molar-refractivity contribution is 9.11. The third kappa shape index (κ3) is 5.15. The minimum atomic E-state index is -1.30. The smallest absolute Gasteiger partial charge is 0.272 e. The lowest BCUT2D eigenvalue weighted by Crippen LogP contribution is -2.50. The summed E-state index contributed by atoms with van der Waals surface area (Å²) in [6, 6.07) is 15.1. The lowest BCUT2D eigenvalue weighted by Gasteiger charge is -2.17. The van der Waals surface area contributed by atoms with Gasteiger partial charge in [-0.3, -0.25) is 15.0 Å². The Morgan fingerprint density at radius 1 is 1.00 bits per heavy atom. The van der Waals surface area contributed by atoms with Crippen LogP contribution in [0.5, 0.6) is 5.75 Å². The van der Waals surface area contributed by atoms with Gasteiger partial charge in [0, 0.05) is 5.69 Å². The largest absolute Gasteiger partial charge is 0.506 e. The van der Waals surface area contributed by atoms with Crippen LogP contribution in [0.3, 0.4) is 0 Å². The number of nitrogens with zero attached hydrogens (tertiary/aromatic N) is 1. The van der Waals surface area contributed by atoms with E-state index in [0.29, 0.717) is 20.2 Å². The molecule has 0 radical (unpaired) electrons. The number of aromatic hydroxyl groups is 1. The summed E-state index contributed by atoms with van der Waals surface area (Å²) in [6.45, 7) is 0. The maximum atomic E-state index is 12.5. The maximum Gasteiger partial charge on any atom is 0.272 e. The predicted molar refractivity (Wildman–Crippen MR) is 123 cm³/mol. The van der Waals surface area contributed by atoms with E-state index in [4.69, 9.17) is 5.84 Å². The second-order valence-electron chi connectivity index (χ2n) is 6.22. The second kappa shape index (κ2) is 9.70. The van der Waals surface area contributed by atoms with Crippen molar-refractivity contribution >= 4 is 66.3 Å². The fourth-order valence-corrected chi connectivity index (χ4v) is 3.90. The Balaban J connectivity index is 1.74. The number of phenols is 1. The molecule has 0 aliphatic rings. The molecule has 6 N–H and O–H groups in total. The van der Waals surface area contributed by atoms with Gasteiger partial charge in [-0.15, -0.1) is 0 Å². The van der Waals surface area contributed by atoms with Gasteiger partial charge in [-0.2, -0.15) is 5.10 Å². The molecule has 0 fully saturated rings. The van der Waals surface area contributed by atoms with Crippen LogP contribution < -0.4 is 22.0 Å². The Kier molecular flexibility index (Phi) is 7.03. The summed E-state index contributed by atoms with van der Waals surface area (Å²) in [5.41, 5.74) is 5.48. The van der Waals surface area contributed by atoms with Crippen molar-refractivity contribution in [1.82, 2.24) is 10.9 Å². The van der Waals surface area contributed by atoms with Crippen LogP contribution in [0, 0.1) is 0 Å². The average molecular weight is 535 g/mol. The quantitative estimate of drug-likeness (QED) is 0.109. The third-order valence-electron chi connectivity index (χ3n) is 4.15. The minimum Gasteiger partial charge on any atom is -0.506 e. The number of nitrogens with one attached hydrogen (secondary N) is 3. The van der Waals surface area contributed by atoms with Gasteiger partial charge in [-0.25, -0.2) is 11.3 Å². The highest BCUT2D eigenvalue weighted by Gasteiger charge is 2.26. The molecule has 0 heterocycles. The first-order valence-electron chi connectivity index (χ1n) is 8.66. The van der Waals surface area contributed by atoms with E-state index in [-0.39, 0.29) is 5.75 Å². The van der Waals surface area contributed by atoms with Crippen LogP contribution >= 0.6 is 31.9 Å². The summed E-state index contributed by atoms with van der Waals surface area (Å²) in [6.07, 6.45) is 1.38. The Morgan fingerprint density at radius 2 is 1.67 bits per heavy atom. The molecule has 0 bridgehead atoms. The molecule has 154 valence electrons. The van der Waals surface area contributed by atoms with Crippen LogP contribution in [0.4, 0.5) is 5.69 Å². The number of halogens is 2. The Hall–Kier alpha value is -2.95. The summed E-state index contributed by atoms with van der Waals surface area (Å²) in [5.74, 6) is 3.87. The molecule has 0 aliphatic heterocycles. The molecule has 0 saturated heterocycles. The standard InChI is InChI=1S/C20H17Br2N5O3/c21-15-7-11(8-16(22)18(15)28)10-24-27-20(30)17(19(29)26-23)25-14-6-5-12-3-1-2-4-13(12)9-14/h1-10,17,25,28H,23H2,(H,26,29)(H,27,30). The Labute approximate surface area is 188 Å². The second-order valence-corrected chi connectivity index (χ2v) is 7.92. The van der Waals surface area contributed by atoms with E-state index in [1.807, 2.05) is 41.8 Å². The summed E-state index contributed by atoms with van der Waals surface area (Å²) in [5, 5.41) is 18.5. The molecule has 0 aliphatic carbocycles. The number of hydrazone groups is 1. The Bertz CT molecular complexity index is 1110. The zero-order chi connectivity index (χ0) is 21.7. The fourth-order valence-electron chi connectivity index (χ4n) is 2.67. The molecular formula is C20H17Br2N5O3. The zero-order valence-corrected chi connectivity index (χ0v) is 18.6. The van der Waals surface area contributed by atoms with Crippen molar-refractivity contribution in [3.05, 3.63) is 69.1 Å². The number of rotatable bonds is 6. The van der Waals surface area contributed by atoms with Crippen LogP contribution in [-0.4, -0.2) is 29.2 Å². The average Bonchev–Trinajstić information content (AvgIpc) is 2.75. The number of carbonyl (C=O) groups is 2. The van der Waals surface area contributed by atoms with Crippen LogP contribution in [0.25, 0.3) is 10.8 Å². The predicted octanol–water partition coefficient (Wildman–Crippen LogP) is 2.99. The van der Waals surface area contributed by atoms with Crippen molar-refractivity contribution in [1.29, 1.82) is 0 Å². The van der Waals surface area contributed by atoms with Crippen LogP contribution in [-0.2, 0) is 9.59 Å². The van der Waals surface area contributed by atoms with Crippen LogP contribution in [0.1, 0.15) is 5.56 Å². The van der Waals surface area contributed by atoms with Gasteiger partial charge in [0.25, 0.3) is 11.8 Å². The summed E-state index contributed by atoms with van der Waals surface area (Å²) in [7, 11) is 0. The molecule has 8 nitrogen and oxygen atoms in total. The molecule has 3 aromatic rings. The van der Waals surface area contributed by atoms with Crippen molar-refractivity contribution in [2.75, 3.05) is 5.32 Å². The molecule has 2 amide bonds. The van der Waals surface area contributed by atoms with E-state index in [2.05, 4.69) is 47.7 Å². The third-order valence-corrected chi connectivity index (χ3v) is 5.36. The molecule has 30 heavy (non-hydrogen) atoms. The number of fused-ring (bicyclic) bond motifs is 1. The Morgan fingerprint density at radius 3 is 2.33 bits per heavy atom. The number of carbonyl (C=O) groups excluding carboxylic acids is 2. The molecule has 3 rings (SSSR count). The number of hydrogen-bond donors (Lipinski definition) is 5. The number of phenolic OH excluding ortho intramolecular Hbond substituents is 1. The number of anilines is 1. The highest BCUT2D eigenvalue weighted by Crippen LogP contribution is 2.32. The molecule has 10 heteroatoms. The van der Waals surface area contributed by atoms with Crippen molar-refractivity contribution < 1.29 is 14.7 Å². The van der Waals surface area contributed by atoms with E-state index in [0.717, 1.165) is 10.8 Å². The minimum absolute atomic E-state index is 0.0513. The van der Waals surface area contributed by atoms with Crippen molar-refractivity contribution in [3.8, 4) is 5.75 Å². The monoisotopic (exact) mass is 533 g/mol. The lowest BCUT2D eigenvalue weighted by molar-refractivity contribution is -0.130. The number of amides is 2. The van der Waals surface area contributed by atoms with E-state index in [1.54, 1.807) is 18.2 Å². The molecule has 3 aromatic carbocycles. The zero-order valence-electron chi connectivity index (χ0n) is 15.4. The van der Waals surface area contributed by atoms with E-state index in [9.17, 15) is 14.7 Å². The van der Waals surface area contributed by atoms with Gasteiger partial charge in [-0.1, -0.05) is 30.3 Å². The van der Waals surface area contributed by atoms with Crippen LogP contribution in [0.2, 0.25) is 0 Å². The lowest BCUT2D eigenvalue weighted by atomic mass is 10.1. The fraction of sp³-hybridized carbons (Fsp3) is 0.0500. The molecular weight excluding hydrogens is 518 g/mol. The summed E-state index contributed by atoms with van der Waals surface area (Å²) >= 11 is 6.44. The molecule has 1 atom stereocenters. The van der Waals surface area contributed by atoms with Gasteiger partial charge in [0.2, 0.25) is 0 Å². The maximum absolute atomic E-state index is 12.5. The first-order valence-corrected chi connectivity index (χ1v) is 10.2. The molecule has 0 saturated carbocycles. The van der Waals surface area contributed by atoms with Crippen LogP contribution in [0.15, 0.2) is 68.6 Å². The number of benzene rings is 3. The summed E-state index contributed by atoms with van der Waals surface area (Å²) < 4.78 is 0.922. The topological polar surface area (TPSA) is 129 Å². The van der Waals surface area contributed by atoms with Gasteiger partial charge in [0.1, 0.15) is 5.75 Å². The van der Waals surface area contributed by atoms with Gasteiger partial charge in [-0.05, 0) is 72.5 Å². The first kappa shape index (κ1) is 21.8. The van der Waals surface area contributed by atoms with Gasteiger partial charge >= 0.3 is 0 Å². The normalized spacial score (nSPS) is 12.0. The number of nitrogens with two attached hydrogens (primary N) is 1. The number of hydrazine groups is 1. The van der Waals surface area contributed by atoms with E-state index >= 15 is 0 Å². The SMILES string of the molecule is NNC(=O)C(Nc1ccc2ccccc2c1)C(=O)NN=Cc1cc(Br)c(O)c(Br)c1. The van der Waals surface area contributed by atoms with Crippen molar-refractivity contribution in [3.63, 3.8) is 0 Å². The van der Waals surface area contributed by atoms with E-state index < -0.39 is 17.9 Å². The highest BCUT2D eigenvalue weighted by atomic mass is 79.9. The molecule has 0 aromatic heterocycles. The van der Waals surface area contributed by atoms with Gasteiger partial charge in [0.05, 0.1) is 15.2 Å². The first-order chi connectivity index (χ1) is 14.4. The van der Waals surface area contributed by atoms with Crippen molar-refractivity contribution in [2.45, 2.75) is 6.04 Å². The van der Waals surface area contributed by atoms with Crippen molar-refractivity contribution in [2.24, 2.45) is 10.9 Å². The van der Waals surface area contributed by atoms with E-state index in [1.165, 1.54) is 6.21 Å². The van der Waals surface area contributed by atoms with Gasteiger partial charge in [0.15, 0.2) is 6.04 Å².